The van der Waals surface area contributed by atoms with Crippen LogP contribution in [0.4, 0.5) is 21.6 Å². The van der Waals surface area contributed by atoms with Crippen LogP contribution in [0.2, 0.25) is 5.02 Å². The Morgan fingerprint density at radius 2 is 2.08 bits per heavy atom. The Morgan fingerprint density at radius 1 is 1.21 bits per heavy atom. The lowest BCUT2D eigenvalue weighted by atomic mass is 10.1. The van der Waals surface area contributed by atoms with Gasteiger partial charge in [-0.1, -0.05) is 17.7 Å². The lowest BCUT2D eigenvalue weighted by molar-refractivity contribution is -0.129. The monoisotopic (exact) mass is 541 g/mol. The van der Waals surface area contributed by atoms with Crippen LogP contribution >= 0.6 is 11.6 Å². The Balaban J connectivity index is 1.37. The molecule has 3 aromatic rings. The van der Waals surface area contributed by atoms with E-state index >= 15 is 0 Å². The number of anilines is 3. The summed E-state index contributed by atoms with van der Waals surface area (Å²) in [4.78, 5) is 23.0. The van der Waals surface area contributed by atoms with Gasteiger partial charge >= 0.3 is 0 Å². The number of benzene rings is 2. The number of aromatic nitrogens is 2. The number of fused-ring (bicyclic) bond motifs is 1. The number of amides is 1. The highest BCUT2D eigenvalue weighted by atomic mass is 35.5. The third-order valence-electron chi connectivity index (χ3n) is 6.36. The molecule has 1 aromatic heterocycles. The van der Waals surface area contributed by atoms with E-state index in [1.54, 1.807) is 23.1 Å². The molecule has 9 nitrogen and oxygen atoms in total. The van der Waals surface area contributed by atoms with Crippen LogP contribution in [-0.4, -0.2) is 72.9 Å². The van der Waals surface area contributed by atoms with E-state index in [0.717, 1.165) is 24.8 Å². The fourth-order valence-electron chi connectivity index (χ4n) is 4.33. The zero-order chi connectivity index (χ0) is 26.3. The molecule has 11 heteroatoms. The van der Waals surface area contributed by atoms with Gasteiger partial charge in [-0.05, 0) is 37.1 Å². The first kappa shape index (κ1) is 26.1. The second-order valence-electron chi connectivity index (χ2n) is 9.01. The van der Waals surface area contributed by atoms with Crippen LogP contribution in [-0.2, 0) is 14.3 Å². The van der Waals surface area contributed by atoms with E-state index in [1.165, 1.54) is 18.5 Å². The predicted octanol–water partition coefficient (Wildman–Crippen LogP) is 4.55. The average molecular weight is 542 g/mol. The summed E-state index contributed by atoms with van der Waals surface area (Å²) in [5.41, 5.74) is 1.98. The Labute approximate surface area is 224 Å². The molecule has 2 aliphatic heterocycles. The van der Waals surface area contributed by atoms with Crippen molar-refractivity contribution < 1.29 is 23.4 Å². The summed E-state index contributed by atoms with van der Waals surface area (Å²) in [6, 6.07) is 8.12. The smallest absolute Gasteiger partial charge is 0.246 e. The van der Waals surface area contributed by atoms with E-state index in [-0.39, 0.29) is 17.0 Å². The molecule has 38 heavy (non-hydrogen) atoms. The summed E-state index contributed by atoms with van der Waals surface area (Å²) in [6.07, 6.45) is 6.84. The fourth-order valence-corrected chi connectivity index (χ4v) is 4.51. The molecule has 2 fully saturated rings. The standard InChI is InChI=1S/C27H29ClFN5O4/c28-21-13-18(5-6-22(21)29)33-27-20-14-24(30-7-1-4-26(35)34-8-11-36-12-9-34)25(15-23(20)31-17-32-27)38-16-19-3-2-10-37-19/h1,4-6,13-15,17,19,30H,2-3,7-12,16H2,(H,31,32,33). The topological polar surface area (TPSA) is 97.8 Å². The van der Waals surface area contributed by atoms with Crippen LogP contribution in [0, 0.1) is 5.82 Å². The van der Waals surface area contributed by atoms with Gasteiger partial charge in [0.2, 0.25) is 5.91 Å². The van der Waals surface area contributed by atoms with Gasteiger partial charge in [-0.25, -0.2) is 14.4 Å². The SMILES string of the molecule is O=C(C=CCNc1cc2c(Nc3ccc(F)c(Cl)c3)ncnc2cc1OCC1CCCO1)N1CCOCC1. The molecule has 3 heterocycles. The van der Waals surface area contributed by atoms with Gasteiger partial charge in [0.15, 0.2) is 0 Å². The maximum atomic E-state index is 13.6. The van der Waals surface area contributed by atoms with Gasteiger partial charge in [-0.15, -0.1) is 0 Å². The highest BCUT2D eigenvalue weighted by molar-refractivity contribution is 6.31. The van der Waals surface area contributed by atoms with E-state index in [2.05, 4.69) is 20.6 Å². The Morgan fingerprint density at radius 3 is 2.87 bits per heavy atom. The van der Waals surface area contributed by atoms with Crippen LogP contribution in [0.1, 0.15) is 12.8 Å². The largest absolute Gasteiger partial charge is 0.489 e. The van der Waals surface area contributed by atoms with Crippen molar-refractivity contribution >= 4 is 45.6 Å². The zero-order valence-corrected chi connectivity index (χ0v) is 21.5. The number of halogens is 2. The summed E-state index contributed by atoms with van der Waals surface area (Å²) >= 11 is 5.95. The molecule has 5 rings (SSSR count). The molecule has 0 spiro atoms. The van der Waals surface area contributed by atoms with Crippen LogP contribution < -0.4 is 15.4 Å². The third kappa shape index (κ3) is 6.50. The van der Waals surface area contributed by atoms with Crippen LogP contribution in [0.5, 0.6) is 5.75 Å². The molecule has 2 aromatic carbocycles. The molecule has 2 N–H and O–H groups in total. The van der Waals surface area contributed by atoms with E-state index in [9.17, 15) is 9.18 Å². The van der Waals surface area contributed by atoms with Gasteiger partial charge in [0.1, 0.15) is 30.3 Å². The van der Waals surface area contributed by atoms with E-state index in [4.69, 9.17) is 25.8 Å². The molecule has 0 radical (unpaired) electrons. The van der Waals surface area contributed by atoms with Crippen LogP contribution in [0.15, 0.2) is 48.8 Å². The van der Waals surface area contributed by atoms with Gasteiger partial charge < -0.3 is 29.7 Å². The number of carbonyl (C=O) groups excluding carboxylic acids is 1. The van der Waals surface area contributed by atoms with Crippen molar-refractivity contribution in [2.24, 2.45) is 0 Å². The maximum absolute atomic E-state index is 13.6. The number of ether oxygens (including phenoxy) is 3. The number of morpholine rings is 1. The van der Waals surface area contributed by atoms with Crippen LogP contribution in [0.3, 0.4) is 0 Å². The minimum absolute atomic E-state index is 0.0129. The Hall–Kier alpha value is -3.47. The van der Waals surface area contributed by atoms with Gasteiger partial charge in [0, 0.05) is 49.5 Å². The first-order valence-corrected chi connectivity index (χ1v) is 13.0. The summed E-state index contributed by atoms with van der Waals surface area (Å²) in [5, 5.41) is 7.28. The molecule has 200 valence electrons. The number of nitrogens with zero attached hydrogens (tertiary/aromatic N) is 3. The van der Waals surface area contributed by atoms with Gasteiger partial charge in [-0.3, -0.25) is 4.79 Å². The van der Waals surface area contributed by atoms with Crippen molar-refractivity contribution in [2.75, 3.05) is 56.7 Å². The van der Waals surface area contributed by atoms with Crippen molar-refractivity contribution in [1.29, 1.82) is 0 Å². The number of hydrogen-bond acceptors (Lipinski definition) is 8. The Kier molecular flexibility index (Phi) is 8.52. The normalized spacial score (nSPS) is 17.7. The summed E-state index contributed by atoms with van der Waals surface area (Å²) in [5.74, 6) is 0.616. The molecule has 1 amide bonds. The van der Waals surface area contributed by atoms with E-state index in [0.29, 0.717) is 67.9 Å². The molecule has 0 saturated carbocycles. The summed E-state index contributed by atoms with van der Waals surface area (Å²) in [6.45, 7) is 3.88. The first-order chi connectivity index (χ1) is 18.6. The number of carbonyl (C=O) groups is 1. The van der Waals surface area contributed by atoms with Gasteiger partial charge in [0.25, 0.3) is 0 Å². The first-order valence-electron chi connectivity index (χ1n) is 12.6. The molecule has 1 unspecified atom stereocenters. The molecule has 2 aliphatic rings. The molecule has 2 saturated heterocycles. The minimum atomic E-state index is -0.496. The van der Waals surface area contributed by atoms with E-state index in [1.807, 2.05) is 12.1 Å². The molecular formula is C27H29ClFN5O4. The maximum Gasteiger partial charge on any atom is 0.246 e. The van der Waals surface area contributed by atoms with E-state index < -0.39 is 5.82 Å². The van der Waals surface area contributed by atoms with Crippen LogP contribution in [0.25, 0.3) is 10.9 Å². The van der Waals surface area contributed by atoms with Crippen molar-refractivity contribution in [3.05, 3.63) is 59.7 Å². The van der Waals surface area contributed by atoms with Crippen molar-refractivity contribution in [2.45, 2.75) is 18.9 Å². The lowest BCUT2D eigenvalue weighted by Gasteiger charge is -2.25. The summed E-state index contributed by atoms with van der Waals surface area (Å²) < 4.78 is 30.8. The second-order valence-corrected chi connectivity index (χ2v) is 9.42. The second kappa shape index (κ2) is 12.4. The molecule has 1 atom stereocenters. The molecule has 0 aliphatic carbocycles. The highest BCUT2D eigenvalue weighted by Gasteiger charge is 2.18. The number of rotatable bonds is 9. The van der Waals surface area contributed by atoms with Crippen molar-refractivity contribution in [3.63, 3.8) is 0 Å². The van der Waals surface area contributed by atoms with Crippen molar-refractivity contribution in [3.8, 4) is 5.75 Å². The Bertz CT molecular complexity index is 1310. The molecular weight excluding hydrogens is 513 g/mol. The lowest BCUT2D eigenvalue weighted by Crippen LogP contribution is -2.39. The zero-order valence-electron chi connectivity index (χ0n) is 20.8. The van der Waals surface area contributed by atoms with Crippen molar-refractivity contribution in [1.82, 2.24) is 14.9 Å². The highest BCUT2D eigenvalue weighted by Crippen LogP contribution is 2.34. The predicted molar refractivity (Wildman–Crippen MR) is 144 cm³/mol. The van der Waals surface area contributed by atoms with Gasteiger partial charge in [-0.2, -0.15) is 0 Å². The average Bonchev–Trinajstić information content (AvgIpc) is 3.46. The quantitative estimate of drug-likeness (QED) is 0.381. The number of nitrogens with one attached hydrogen (secondary N) is 2. The fraction of sp³-hybridized carbons (Fsp3) is 0.370. The minimum Gasteiger partial charge on any atom is -0.489 e. The molecule has 0 bridgehead atoms. The third-order valence-corrected chi connectivity index (χ3v) is 6.65. The summed E-state index contributed by atoms with van der Waals surface area (Å²) in [7, 11) is 0. The number of hydrogen-bond donors (Lipinski definition) is 2. The van der Waals surface area contributed by atoms with Gasteiger partial charge in [0.05, 0.1) is 35.5 Å².